The molecule has 0 aliphatic carbocycles. The van der Waals surface area contributed by atoms with Gasteiger partial charge in [0.05, 0.1) is 0 Å². The van der Waals surface area contributed by atoms with Gasteiger partial charge in [0.1, 0.15) is 11.7 Å². The quantitative estimate of drug-likeness (QED) is 0.283. The van der Waals surface area contributed by atoms with Crippen LogP contribution in [-0.2, 0) is 0 Å². The van der Waals surface area contributed by atoms with E-state index >= 15 is 0 Å². The van der Waals surface area contributed by atoms with Gasteiger partial charge in [-0.25, -0.2) is 0 Å². The fourth-order valence-electron chi connectivity index (χ4n) is 0.180. The van der Waals surface area contributed by atoms with Crippen LogP contribution in [0.5, 0.6) is 0 Å². The van der Waals surface area contributed by atoms with Gasteiger partial charge in [0, 0.05) is 0 Å². The summed E-state index contributed by atoms with van der Waals surface area (Å²) < 4.78 is 0. The molecular formula is C4H8N4. The molecule has 0 amide bonds. The third-order valence-corrected chi connectivity index (χ3v) is 0.442. The molecule has 0 saturated heterocycles. The predicted molar refractivity (Wildman–Crippen MR) is 33.0 cm³/mol. The van der Waals surface area contributed by atoms with Crippen LogP contribution in [0.25, 0.3) is 0 Å². The van der Waals surface area contributed by atoms with E-state index in [9.17, 15) is 0 Å². The van der Waals surface area contributed by atoms with Gasteiger partial charge >= 0.3 is 0 Å². The summed E-state index contributed by atoms with van der Waals surface area (Å²) in [5, 5.41) is 13.3. The van der Waals surface area contributed by atoms with Crippen molar-refractivity contribution in [3.8, 4) is 0 Å². The highest BCUT2D eigenvalue weighted by molar-refractivity contribution is 5.97. The second-order valence-electron chi connectivity index (χ2n) is 1.24. The van der Waals surface area contributed by atoms with Gasteiger partial charge in [0.2, 0.25) is 0 Å². The molecule has 0 bridgehead atoms. The molecule has 0 aliphatic heterocycles. The Labute approximate surface area is 47.2 Å². The molecular weight excluding hydrogens is 104 g/mol. The molecule has 4 heteroatoms. The highest BCUT2D eigenvalue weighted by Gasteiger charge is 1.76. The average Bonchev–Trinajstić information content (AvgIpc) is 1.61. The van der Waals surface area contributed by atoms with Crippen LogP contribution < -0.4 is 11.5 Å². The minimum Gasteiger partial charge on any atom is -0.384 e. The summed E-state index contributed by atoms with van der Waals surface area (Å²) in [5.41, 5.74) is 9.77. The summed E-state index contributed by atoms with van der Waals surface area (Å²) in [6.07, 6.45) is 2.50. The lowest BCUT2D eigenvalue weighted by Crippen LogP contribution is -2.09. The largest absolute Gasteiger partial charge is 0.384 e. The van der Waals surface area contributed by atoms with Gasteiger partial charge in [-0.1, -0.05) is 0 Å². The molecule has 0 heterocycles. The number of nitrogens with one attached hydrogen (secondary N) is 2. The Balaban J connectivity index is 3.67. The summed E-state index contributed by atoms with van der Waals surface area (Å²) in [4.78, 5) is 0. The Kier molecular flexibility index (Phi) is 2.33. The van der Waals surface area contributed by atoms with Crippen molar-refractivity contribution in [2.24, 2.45) is 11.5 Å². The van der Waals surface area contributed by atoms with Crippen LogP contribution in [0, 0.1) is 10.8 Å². The molecule has 0 aromatic rings. The Morgan fingerprint density at radius 1 is 1.00 bits per heavy atom. The van der Waals surface area contributed by atoms with E-state index in [-0.39, 0.29) is 11.7 Å². The van der Waals surface area contributed by atoms with Crippen molar-refractivity contribution in [1.29, 1.82) is 10.8 Å². The summed E-state index contributed by atoms with van der Waals surface area (Å²) >= 11 is 0. The molecule has 44 valence electrons. The first-order valence-electron chi connectivity index (χ1n) is 1.99. The summed E-state index contributed by atoms with van der Waals surface area (Å²) in [5.74, 6) is -0.194. The molecule has 0 radical (unpaired) electrons. The maximum atomic E-state index is 6.63. The third-order valence-electron chi connectivity index (χ3n) is 0.442. The van der Waals surface area contributed by atoms with Gasteiger partial charge in [0.15, 0.2) is 0 Å². The van der Waals surface area contributed by atoms with Crippen LogP contribution in [0.3, 0.4) is 0 Å². The van der Waals surface area contributed by atoms with Gasteiger partial charge in [0.25, 0.3) is 0 Å². The van der Waals surface area contributed by atoms with Crippen LogP contribution >= 0.6 is 0 Å². The van der Waals surface area contributed by atoms with E-state index in [1.807, 2.05) is 0 Å². The maximum Gasteiger partial charge on any atom is 0.115 e. The number of rotatable bonds is 2. The molecule has 0 aliphatic rings. The van der Waals surface area contributed by atoms with Crippen LogP contribution in [0.15, 0.2) is 12.2 Å². The number of amidine groups is 2. The van der Waals surface area contributed by atoms with E-state index in [1.54, 1.807) is 0 Å². The lowest BCUT2D eigenvalue weighted by molar-refractivity contribution is 1.45. The highest BCUT2D eigenvalue weighted by atomic mass is 14.7. The molecule has 0 atom stereocenters. The van der Waals surface area contributed by atoms with Gasteiger partial charge in [-0.05, 0) is 12.2 Å². The SMILES string of the molecule is N=C(N)/C=C/C(=N)N. The van der Waals surface area contributed by atoms with Gasteiger partial charge in [-0.3, -0.25) is 10.8 Å². The van der Waals surface area contributed by atoms with Crippen molar-refractivity contribution in [2.75, 3.05) is 0 Å². The smallest absolute Gasteiger partial charge is 0.115 e. The third kappa shape index (κ3) is 4.68. The van der Waals surface area contributed by atoms with E-state index in [0.717, 1.165) is 0 Å². The summed E-state index contributed by atoms with van der Waals surface area (Å²) in [6, 6.07) is 0. The van der Waals surface area contributed by atoms with Gasteiger partial charge in [-0.15, -0.1) is 0 Å². The van der Waals surface area contributed by atoms with Crippen molar-refractivity contribution >= 4 is 11.7 Å². The summed E-state index contributed by atoms with van der Waals surface area (Å²) in [7, 11) is 0. The molecule has 0 unspecified atom stereocenters. The topological polar surface area (TPSA) is 99.7 Å². The van der Waals surface area contributed by atoms with Crippen LogP contribution in [0.4, 0.5) is 0 Å². The zero-order chi connectivity index (χ0) is 6.57. The minimum atomic E-state index is -0.0970. The Morgan fingerprint density at radius 3 is 1.38 bits per heavy atom. The average molecular weight is 112 g/mol. The number of hydrogen-bond donors (Lipinski definition) is 4. The Morgan fingerprint density at radius 2 is 1.25 bits per heavy atom. The first-order chi connectivity index (χ1) is 3.63. The van der Waals surface area contributed by atoms with E-state index in [0.29, 0.717) is 0 Å². The second kappa shape index (κ2) is 2.79. The second-order valence-corrected chi connectivity index (χ2v) is 1.24. The van der Waals surface area contributed by atoms with E-state index in [1.165, 1.54) is 12.2 Å². The van der Waals surface area contributed by atoms with Crippen molar-refractivity contribution in [2.45, 2.75) is 0 Å². The minimum absolute atomic E-state index is 0.0970. The monoisotopic (exact) mass is 112 g/mol. The molecule has 0 saturated carbocycles. The summed E-state index contributed by atoms with van der Waals surface area (Å²) in [6.45, 7) is 0. The van der Waals surface area contributed by atoms with Crippen molar-refractivity contribution in [3.05, 3.63) is 12.2 Å². The van der Waals surface area contributed by atoms with Crippen LogP contribution in [0.1, 0.15) is 0 Å². The normalized spacial score (nSPS) is 9.50. The van der Waals surface area contributed by atoms with Crippen LogP contribution in [-0.4, -0.2) is 11.7 Å². The first kappa shape index (κ1) is 6.68. The number of nitrogens with two attached hydrogens (primary N) is 2. The van der Waals surface area contributed by atoms with Crippen molar-refractivity contribution < 1.29 is 0 Å². The number of hydrogen-bond acceptors (Lipinski definition) is 2. The maximum absolute atomic E-state index is 6.63. The van der Waals surface area contributed by atoms with E-state index in [4.69, 9.17) is 22.3 Å². The van der Waals surface area contributed by atoms with Gasteiger partial charge in [-0.2, -0.15) is 0 Å². The standard InChI is InChI=1S/C4H8N4/c5-3(6)1-2-4(7)8/h1-2H,(H3,5,6)(H3,7,8)/b2-1+. The predicted octanol–water partition coefficient (Wildman–Crippen LogP) is -0.585. The molecule has 0 aromatic carbocycles. The van der Waals surface area contributed by atoms with Crippen LogP contribution in [0.2, 0.25) is 0 Å². The zero-order valence-corrected chi connectivity index (χ0v) is 4.31. The Bertz CT molecular complexity index is 119. The molecule has 6 N–H and O–H groups in total. The lowest BCUT2D eigenvalue weighted by atomic mass is 10.4. The van der Waals surface area contributed by atoms with Crippen molar-refractivity contribution in [1.82, 2.24) is 0 Å². The highest BCUT2D eigenvalue weighted by Crippen LogP contribution is 1.67. The molecule has 0 fully saturated rings. The zero-order valence-electron chi connectivity index (χ0n) is 4.31. The molecule has 0 rings (SSSR count). The molecule has 4 nitrogen and oxygen atoms in total. The molecule has 0 aromatic heterocycles. The first-order valence-corrected chi connectivity index (χ1v) is 1.99. The fourth-order valence-corrected chi connectivity index (χ4v) is 0.180. The van der Waals surface area contributed by atoms with Crippen molar-refractivity contribution in [3.63, 3.8) is 0 Å². The molecule has 8 heavy (non-hydrogen) atoms. The van der Waals surface area contributed by atoms with E-state index in [2.05, 4.69) is 0 Å². The Hall–Kier alpha value is -1.32. The van der Waals surface area contributed by atoms with E-state index < -0.39 is 0 Å². The molecule has 0 spiro atoms. The van der Waals surface area contributed by atoms with Gasteiger partial charge < -0.3 is 11.5 Å². The fraction of sp³-hybridized carbons (Fsp3) is 0. The lowest BCUT2D eigenvalue weighted by Gasteiger charge is -1.82.